The Hall–Kier alpha value is -1.87. The van der Waals surface area contributed by atoms with E-state index in [1.54, 1.807) is 4.57 Å². The van der Waals surface area contributed by atoms with Crippen LogP contribution in [0.1, 0.15) is 18.9 Å². The number of fused-ring (bicyclic) bond motifs is 1. The number of hydrogen-bond donors (Lipinski definition) is 1. The fraction of sp³-hybridized carbons (Fsp3) is 0.211. The third kappa shape index (κ3) is 3.78. The van der Waals surface area contributed by atoms with Gasteiger partial charge < -0.3 is 5.32 Å². The van der Waals surface area contributed by atoms with E-state index in [2.05, 4.69) is 32.9 Å². The maximum absolute atomic E-state index is 12.8. The number of halogens is 1. The van der Waals surface area contributed by atoms with E-state index >= 15 is 0 Å². The highest BCUT2D eigenvalue weighted by Gasteiger charge is 2.28. The predicted octanol–water partition coefficient (Wildman–Crippen LogP) is 4.07. The summed E-state index contributed by atoms with van der Waals surface area (Å²) in [6.45, 7) is 0. The first-order chi connectivity index (χ1) is 12.6. The van der Waals surface area contributed by atoms with Gasteiger partial charge in [-0.25, -0.2) is 4.98 Å². The number of anilines is 1. The van der Waals surface area contributed by atoms with Crippen molar-refractivity contribution in [2.75, 3.05) is 11.1 Å². The van der Waals surface area contributed by atoms with Crippen molar-refractivity contribution in [2.24, 2.45) is 0 Å². The number of nitrogens with one attached hydrogen (secondary N) is 1. The lowest BCUT2D eigenvalue weighted by atomic mass is 10.2. The fourth-order valence-electron chi connectivity index (χ4n) is 2.74. The number of thioether (sulfide) groups is 1. The molecular weight excluding hydrogens is 461 g/mol. The van der Waals surface area contributed by atoms with Crippen LogP contribution in [0.4, 0.5) is 5.69 Å². The molecule has 1 aromatic heterocycles. The summed E-state index contributed by atoms with van der Waals surface area (Å²) >= 11 is 3.54. The highest BCUT2D eigenvalue weighted by molar-refractivity contribution is 14.1. The van der Waals surface area contributed by atoms with Gasteiger partial charge in [0.1, 0.15) is 0 Å². The van der Waals surface area contributed by atoms with Gasteiger partial charge in [0.15, 0.2) is 5.16 Å². The van der Waals surface area contributed by atoms with E-state index < -0.39 is 0 Å². The molecule has 1 amide bonds. The molecule has 2 aromatic carbocycles. The van der Waals surface area contributed by atoms with Crippen molar-refractivity contribution in [3.05, 3.63) is 62.5 Å². The Morgan fingerprint density at radius 2 is 1.92 bits per heavy atom. The average molecular weight is 477 g/mol. The molecule has 0 aliphatic heterocycles. The van der Waals surface area contributed by atoms with Gasteiger partial charge in [-0.2, -0.15) is 0 Å². The van der Waals surface area contributed by atoms with E-state index in [1.165, 1.54) is 11.8 Å². The number of amides is 1. The quantitative estimate of drug-likeness (QED) is 0.342. The maximum atomic E-state index is 12.8. The molecule has 1 aliphatic carbocycles. The summed E-state index contributed by atoms with van der Waals surface area (Å²) in [6, 6.07) is 15.2. The summed E-state index contributed by atoms with van der Waals surface area (Å²) in [5.41, 5.74) is 1.43. The van der Waals surface area contributed by atoms with Gasteiger partial charge in [-0.3, -0.25) is 14.2 Å². The van der Waals surface area contributed by atoms with Gasteiger partial charge in [0.05, 0.1) is 16.7 Å². The first kappa shape index (κ1) is 17.5. The summed E-state index contributed by atoms with van der Waals surface area (Å²) in [6.07, 6.45) is 1.98. The molecule has 1 fully saturated rings. The maximum Gasteiger partial charge on any atom is 0.262 e. The van der Waals surface area contributed by atoms with Crippen LogP contribution in [0, 0.1) is 3.57 Å². The minimum absolute atomic E-state index is 0.0151. The Bertz CT molecular complexity index is 1030. The minimum Gasteiger partial charge on any atom is -0.325 e. The second kappa shape index (κ2) is 7.40. The van der Waals surface area contributed by atoms with Crippen molar-refractivity contribution in [1.82, 2.24) is 9.55 Å². The minimum atomic E-state index is -0.110. The zero-order valence-corrected chi connectivity index (χ0v) is 16.8. The summed E-state index contributed by atoms with van der Waals surface area (Å²) < 4.78 is 2.87. The first-order valence-electron chi connectivity index (χ1n) is 8.31. The molecule has 0 atom stereocenters. The average Bonchev–Trinajstić information content (AvgIpc) is 3.47. The molecule has 7 heteroatoms. The normalized spacial score (nSPS) is 13.7. The van der Waals surface area contributed by atoms with E-state index in [0.717, 1.165) is 22.1 Å². The van der Waals surface area contributed by atoms with Crippen LogP contribution < -0.4 is 10.9 Å². The summed E-state index contributed by atoms with van der Waals surface area (Å²) in [4.78, 5) is 29.7. The van der Waals surface area contributed by atoms with Crippen LogP contribution in [0.5, 0.6) is 0 Å². The van der Waals surface area contributed by atoms with E-state index in [9.17, 15) is 9.59 Å². The van der Waals surface area contributed by atoms with Gasteiger partial charge in [0.2, 0.25) is 5.91 Å². The number of carbonyl (C=O) groups excluding carboxylic acids is 1. The Balaban J connectivity index is 1.55. The number of carbonyl (C=O) groups is 1. The molecule has 0 bridgehead atoms. The van der Waals surface area contributed by atoms with Gasteiger partial charge in [0.25, 0.3) is 5.56 Å². The zero-order chi connectivity index (χ0) is 18.1. The third-order valence-corrected chi connectivity index (χ3v) is 5.82. The first-order valence-corrected chi connectivity index (χ1v) is 10.4. The number of rotatable bonds is 5. The molecule has 0 radical (unpaired) electrons. The Morgan fingerprint density at radius 3 is 2.65 bits per heavy atom. The van der Waals surface area contributed by atoms with Crippen molar-refractivity contribution < 1.29 is 4.79 Å². The van der Waals surface area contributed by atoms with Gasteiger partial charge in [-0.05, 0) is 71.8 Å². The molecular formula is C19H16IN3O2S. The second-order valence-corrected chi connectivity index (χ2v) is 8.35. The molecule has 4 rings (SSSR count). The second-order valence-electron chi connectivity index (χ2n) is 6.16. The molecule has 0 saturated heterocycles. The number of para-hydroxylation sites is 1. The standard InChI is InChI=1S/C19H16IN3O2S/c20-12-5-7-13(8-6-12)21-17(24)11-26-19-22-16-4-2-1-3-15(16)18(25)23(19)14-9-10-14/h1-8,14H,9-11H2,(H,21,24). The van der Waals surface area contributed by atoms with Crippen LogP contribution in [0.2, 0.25) is 0 Å². The van der Waals surface area contributed by atoms with E-state index in [0.29, 0.717) is 16.1 Å². The molecule has 0 spiro atoms. The molecule has 3 aromatic rings. The molecule has 1 saturated carbocycles. The highest BCUT2D eigenvalue weighted by Crippen LogP contribution is 2.36. The number of aromatic nitrogens is 2. The predicted molar refractivity (Wildman–Crippen MR) is 113 cm³/mol. The van der Waals surface area contributed by atoms with Crippen LogP contribution in [-0.2, 0) is 4.79 Å². The molecule has 1 aliphatic rings. The van der Waals surface area contributed by atoms with E-state index in [-0.39, 0.29) is 23.3 Å². The zero-order valence-electron chi connectivity index (χ0n) is 13.8. The molecule has 5 nitrogen and oxygen atoms in total. The van der Waals surface area contributed by atoms with Crippen molar-refractivity contribution in [3.8, 4) is 0 Å². The molecule has 132 valence electrons. The van der Waals surface area contributed by atoms with Gasteiger partial charge in [0, 0.05) is 15.3 Å². The lowest BCUT2D eigenvalue weighted by Crippen LogP contribution is -2.23. The summed E-state index contributed by atoms with van der Waals surface area (Å²) in [5.74, 6) is 0.102. The van der Waals surface area contributed by atoms with Gasteiger partial charge >= 0.3 is 0 Å². The van der Waals surface area contributed by atoms with Crippen LogP contribution >= 0.6 is 34.4 Å². The van der Waals surface area contributed by atoms with E-state index in [1.807, 2.05) is 48.5 Å². The lowest BCUT2D eigenvalue weighted by molar-refractivity contribution is -0.113. The van der Waals surface area contributed by atoms with Crippen molar-refractivity contribution >= 4 is 56.9 Å². The molecule has 1 N–H and O–H groups in total. The van der Waals surface area contributed by atoms with Crippen LogP contribution in [0.15, 0.2) is 58.5 Å². The number of benzene rings is 2. The Kier molecular flexibility index (Phi) is 4.99. The van der Waals surface area contributed by atoms with Crippen molar-refractivity contribution in [2.45, 2.75) is 24.0 Å². The number of nitrogens with zero attached hydrogens (tertiary/aromatic N) is 2. The van der Waals surface area contributed by atoms with E-state index in [4.69, 9.17) is 0 Å². The largest absolute Gasteiger partial charge is 0.325 e. The van der Waals surface area contributed by atoms with Crippen molar-refractivity contribution in [1.29, 1.82) is 0 Å². The van der Waals surface area contributed by atoms with Crippen LogP contribution in [0.3, 0.4) is 0 Å². The summed E-state index contributed by atoms with van der Waals surface area (Å²) in [5, 5.41) is 4.13. The SMILES string of the molecule is O=C(CSc1nc2ccccc2c(=O)n1C1CC1)Nc1ccc(I)cc1. The number of hydrogen-bond acceptors (Lipinski definition) is 4. The monoisotopic (exact) mass is 477 g/mol. The smallest absolute Gasteiger partial charge is 0.262 e. The third-order valence-electron chi connectivity index (χ3n) is 4.15. The highest BCUT2D eigenvalue weighted by atomic mass is 127. The fourth-order valence-corrected chi connectivity index (χ4v) is 3.97. The molecule has 0 unspecified atom stereocenters. The van der Waals surface area contributed by atoms with Gasteiger partial charge in [-0.15, -0.1) is 0 Å². The molecule has 26 heavy (non-hydrogen) atoms. The molecule has 1 heterocycles. The van der Waals surface area contributed by atoms with Crippen LogP contribution in [-0.4, -0.2) is 21.2 Å². The Labute approximate surface area is 168 Å². The van der Waals surface area contributed by atoms with Crippen LogP contribution in [0.25, 0.3) is 10.9 Å². The lowest BCUT2D eigenvalue weighted by Gasteiger charge is -2.12. The van der Waals surface area contributed by atoms with Gasteiger partial charge in [-0.1, -0.05) is 23.9 Å². The summed E-state index contributed by atoms with van der Waals surface area (Å²) in [7, 11) is 0. The Morgan fingerprint density at radius 1 is 1.19 bits per heavy atom. The van der Waals surface area contributed by atoms with Crippen molar-refractivity contribution in [3.63, 3.8) is 0 Å². The topological polar surface area (TPSA) is 64.0 Å².